The van der Waals surface area contributed by atoms with Crippen molar-refractivity contribution >= 4 is 28.4 Å². The summed E-state index contributed by atoms with van der Waals surface area (Å²) in [5, 5.41) is 1.90. The van der Waals surface area contributed by atoms with Crippen LogP contribution in [0.5, 0.6) is 0 Å². The maximum absolute atomic E-state index is 5.53. The fourth-order valence-electron chi connectivity index (χ4n) is 1.62. The fourth-order valence-corrected chi connectivity index (χ4v) is 2.24. The van der Waals surface area contributed by atoms with Crippen LogP contribution < -0.4 is 5.73 Å². The maximum atomic E-state index is 5.53. The van der Waals surface area contributed by atoms with E-state index in [-0.39, 0.29) is 0 Å². The lowest BCUT2D eigenvalue weighted by Gasteiger charge is -2.00. The molecule has 2 N–H and O–H groups in total. The van der Waals surface area contributed by atoms with E-state index in [0.29, 0.717) is 5.95 Å². The number of para-hydroxylation sites is 1. The molecule has 0 radical (unpaired) electrons. The molecular formula is C11H8N4S. The molecule has 0 atom stereocenters. The second-order valence-electron chi connectivity index (χ2n) is 3.34. The summed E-state index contributed by atoms with van der Waals surface area (Å²) >= 11 is 1.29. The predicted molar refractivity (Wildman–Crippen MR) is 65.1 cm³/mol. The van der Waals surface area contributed by atoms with Crippen LogP contribution in [0.2, 0.25) is 0 Å². The zero-order valence-electron chi connectivity index (χ0n) is 8.29. The Kier molecular flexibility index (Phi) is 2.04. The Labute approximate surface area is 96.0 Å². The molecule has 0 saturated carbocycles. The highest BCUT2D eigenvalue weighted by atomic mass is 32.1. The van der Waals surface area contributed by atoms with Crippen molar-refractivity contribution in [3.8, 4) is 10.6 Å². The van der Waals surface area contributed by atoms with E-state index >= 15 is 0 Å². The van der Waals surface area contributed by atoms with Gasteiger partial charge in [-0.25, -0.2) is 0 Å². The van der Waals surface area contributed by atoms with Gasteiger partial charge in [-0.3, -0.25) is 4.98 Å². The molecule has 0 aliphatic carbocycles. The highest BCUT2D eigenvalue weighted by Crippen LogP contribution is 2.28. The van der Waals surface area contributed by atoms with Crippen molar-refractivity contribution in [2.24, 2.45) is 0 Å². The average Bonchev–Trinajstić information content (AvgIpc) is 2.75. The second kappa shape index (κ2) is 3.53. The molecule has 0 amide bonds. The molecule has 0 saturated heterocycles. The first kappa shape index (κ1) is 9.23. The molecule has 0 spiro atoms. The number of nitrogens with two attached hydrogens (primary N) is 1. The second-order valence-corrected chi connectivity index (χ2v) is 4.09. The van der Waals surface area contributed by atoms with Crippen LogP contribution in [-0.4, -0.2) is 14.3 Å². The third-order valence-electron chi connectivity index (χ3n) is 2.30. The summed E-state index contributed by atoms with van der Waals surface area (Å²) < 4.78 is 3.98. The van der Waals surface area contributed by atoms with Gasteiger partial charge in [-0.05, 0) is 23.7 Å². The molecule has 78 valence electrons. The van der Waals surface area contributed by atoms with Gasteiger partial charge in [-0.2, -0.15) is 9.36 Å². The molecule has 0 aliphatic rings. The van der Waals surface area contributed by atoms with Crippen LogP contribution in [0.15, 0.2) is 36.5 Å². The molecule has 2 heterocycles. The molecule has 1 aromatic carbocycles. The summed E-state index contributed by atoms with van der Waals surface area (Å²) in [6.07, 6.45) is 1.77. The monoisotopic (exact) mass is 228 g/mol. The zero-order chi connectivity index (χ0) is 11.0. The molecule has 0 unspecified atom stereocenters. The minimum atomic E-state index is 0.313. The number of nitrogen functional groups attached to an aromatic ring is 1. The molecule has 16 heavy (non-hydrogen) atoms. The third kappa shape index (κ3) is 1.42. The molecule has 5 heteroatoms. The predicted octanol–water partition coefficient (Wildman–Crippen LogP) is 2.34. The van der Waals surface area contributed by atoms with Crippen molar-refractivity contribution in [2.45, 2.75) is 0 Å². The summed E-state index contributed by atoms with van der Waals surface area (Å²) in [7, 11) is 0. The fraction of sp³-hybridized carbons (Fsp3) is 0. The first-order valence-corrected chi connectivity index (χ1v) is 5.55. The standard InChI is InChI=1S/C11H8N4S/c12-11-14-10(16-15-11)8-5-1-3-7-4-2-6-13-9(7)8/h1-6H,(H2,12,15). The lowest BCUT2D eigenvalue weighted by molar-refractivity contribution is 1.33. The number of hydrogen-bond donors (Lipinski definition) is 1. The van der Waals surface area contributed by atoms with Crippen LogP contribution >= 0.6 is 11.5 Å². The van der Waals surface area contributed by atoms with Gasteiger partial charge < -0.3 is 5.73 Å². The van der Waals surface area contributed by atoms with E-state index in [9.17, 15) is 0 Å². The van der Waals surface area contributed by atoms with Crippen molar-refractivity contribution in [2.75, 3.05) is 5.73 Å². The molecule has 3 aromatic rings. The number of aromatic nitrogens is 3. The average molecular weight is 228 g/mol. The highest BCUT2D eigenvalue weighted by molar-refractivity contribution is 7.09. The van der Waals surface area contributed by atoms with E-state index in [0.717, 1.165) is 21.5 Å². The van der Waals surface area contributed by atoms with Crippen molar-refractivity contribution in [3.05, 3.63) is 36.5 Å². The Morgan fingerprint density at radius 2 is 2.00 bits per heavy atom. The van der Waals surface area contributed by atoms with Crippen LogP contribution in [0, 0.1) is 0 Å². The molecule has 0 fully saturated rings. The molecule has 3 rings (SSSR count). The van der Waals surface area contributed by atoms with Crippen molar-refractivity contribution in [3.63, 3.8) is 0 Å². The Morgan fingerprint density at radius 1 is 1.12 bits per heavy atom. The van der Waals surface area contributed by atoms with Crippen LogP contribution in [0.3, 0.4) is 0 Å². The van der Waals surface area contributed by atoms with E-state index < -0.39 is 0 Å². The first-order valence-electron chi connectivity index (χ1n) is 4.78. The Hall–Kier alpha value is -2.01. The number of pyridine rings is 1. The lowest BCUT2D eigenvalue weighted by Crippen LogP contribution is -1.87. The smallest absolute Gasteiger partial charge is 0.232 e. The molecule has 0 aliphatic heterocycles. The van der Waals surface area contributed by atoms with E-state index in [1.54, 1.807) is 6.20 Å². The van der Waals surface area contributed by atoms with Gasteiger partial charge in [0, 0.05) is 17.1 Å². The minimum absolute atomic E-state index is 0.313. The quantitative estimate of drug-likeness (QED) is 0.694. The first-order chi connectivity index (χ1) is 7.84. The number of rotatable bonds is 1. The van der Waals surface area contributed by atoms with Crippen LogP contribution in [0.1, 0.15) is 0 Å². The van der Waals surface area contributed by atoms with Crippen molar-refractivity contribution in [1.29, 1.82) is 0 Å². The van der Waals surface area contributed by atoms with Crippen LogP contribution in [-0.2, 0) is 0 Å². The molecular weight excluding hydrogens is 220 g/mol. The molecule has 0 bridgehead atoms. The van der Waals surface area contributed by atoms with Gasteiger partial charge in [-0.15, -0.1) is 0 Å². The van der Waals surface area contributed by atoms with Crippen LogP contribution in [0.25, 0.3) is 21.5 Å². The van der Waals surface area contributed by atoms with Gasteiger partial charge >= 0.3 is 0 Å². The Morgan fingerprint density at radius 3 is 2.81 bits per heavy atom. The number of anilines is 1. The van der Waals surface area contributed by atoms with Gasteiger partial charge in [0.25, 0.3) is 0 Å². The van der Waals surface area contributed by atoms with E-state index in [1.807, 2.05) is 30.3 Å². The topological polar surface area (TPSA) is 64.7 Å². The summed E-state index contributed by atoms with van der Waals surface area (Å²) in [4.78, 5) is 8.54. The van der Waals surface area contributed by atoms with Gasteiger partial charge in [0.05, 0.1) is 5.52 Å². The summed E-state index contributed by atoms with van der Waals surface area (Å²) in [5.41, 5.74) is 7.44. The normalized spacial score (nSPS) is 10.8. The van der Waals surface area contributed by atoms with Gasteiger partial charge in [0.2, 0.25) is 5.95 Å². The van der Waals surface area contributed by atoms with Crippen molar-refractivity contribution in [1.82, 2.24) is 14.3 Å². The van der Waals surface area contributed by atoms with Gasteiger partial charge in [0.15, 0.2) is 0 Å². The summed E-state index contributed by atoms with van der Waals surface area (Å²) in [6.45, 7) is 0. The van der Waals surface area contributed by atoms with Gasteiger partial charge in [0.1, 0.15) is 5.01 Å². The maximum Gasteiger partial charge on any atom is 0.232 e. The zero-order valence-corrected chi connectivity index (χ0v) is 9.11. The van der Waals surface area contributed by atoms with E-state index in [4.69, 9.17) is 5.73 Å². The number of benzene rings is 1. The third-order valence-corrected chi connectivity index (χ3v) is 3.07. The minimum Gasteiger partial charge on any atom is -0.367 e. The van der Waals surface area contributed by atoms with Crippen LogP contribution in [0.4, 0.5) is 5.95 Å². The Balaban J connectivity index is 2.31. The lowest BCUT2D eigenvalue weighted by atomic mass is 10.1. The molecule has 2 aromatic heterocycles. The Bertz CT molecular complexity index is 642. The summed E-state index contributed by atoms with van der Waals surface area (Å²) in [5.74, 6) is 0.313. The SMILES string of the molecule is Nc1nsc(-c2cccc3cccnc23)n1. The largest absolute Gasteiger partial charge is 0.367 e. The summed E-state index contributed by atoms with van der Waals surface area (Å²) in [6, 6.07) is 9.93. The number of nitrogens with zero attached hydrogens (tertiary/aromatic N) is 3. The highest BCUT2D eigenvalue weighted by Gasteiger charge is 2.08. The van der Waals surface area contributed by atoms with Crippen molar-refractivity contribution < 1.29 is 0 Å². The van der Waals surface area contributed by atoms with E-state index in [1.165, 1.54) is 11.5 Å². The van der Waals surface area contributed by atoms with Gasteiger partial charge in [-0.1, -0.05) is 18.2 Å². The molecule has 4 nitrogen and oxygen atoms in total. The van der Waals surface area contributed by atoms with E-state index in [2.05, 4.69) is 14.3 Å². The number of hydrogen-bond acceptors (Lipinski definition) is 5. The number of fused-ring (bicyclic) bond motifs is 1.